The number of aromatic nitrogens is 4. The molecular formula is C44H44FN7O2. The number of likely N-dealkylation sites (tertiary alicyclic amines) is 2. The van der Waals surface area contributed by atoms with Crippen LogP contribution in [-0.4, -0.2) is 73.6 Å². The number of rotatable bonds is 10. The van der Waals surface area contributed by atoms with Crippen LogP contribution >= 0.6 is 0 Å². The van der Waals surface area contributed by atoms with Gasteiger partial charge in [-0.05, 0) is 79.2 Å². The second-order valence-electron chi connectivity index (χ2n) is 14.5. The Hall–Kier alpha value is -5.87. The van der Waals surface area contributed by atoms with Gasteiger partial charge in [0.05, 0.1) is 42.3 Å². The Bertz CT molecular complexity index is 2230. The van der Waals surface area contributed by atoms with E-state index in [1.807, 2.05) is 71.5 Å². The Kier molecular flexibility index (Phi) is 9.93. The first-order valence-electron chi connectivity index (χ1n) is 18.7. The Morgan fingerprint density at radius 2 is 1.20 bits per heavy atom. The van der Waals surface area contributed by atoms with Crippen molar-refractivity contribution in [2.75, 3.05) is 27.2 Å². The van der Waals surface area contributed by atoms with Crippen molar-refractivity contribution in [3.63, 3.8) is 0 Å². The molecule has 0 spiro atoms. The molecule has 274 valence electrons. The Morgan fingerprint density at radius 1 is 0.704 bits per heavy atom. The second kappa shape index (κ2) is 15.2. The zero-order valence-electron chi connectivity index (χ0n) is 30.6. The Balaban J connectivity index is 0.921. The third-order valence-corrected chi connectivity index (χ3v) is 10.8. The lowest BCUT2D eigenvalue weighted by molar-refractivity contribution is -0.137. The van der Waals surface area contributed by atoms with Gasteiger partial charge in [0.1, 0.15) is 23.5 Å². The van der Waals surface area contributed by atoms with Crippen molar-refractivity contribution in [2.45, 2.75) is 50.2 Å². The van der Waals surface area contributed by atoms with Crippen LogP contribution in [0.3, 0.4) is 0 Å². The number of imidazole rings is 2. The summed E-state index contributed by atoms with van der Waals surface area (Å²) in [6.07, 6.45) is 7.23. The van der Waals surface area contributed by atoms with E-state index in [9.17, 15) is 14.0 Å². The molecule has 2 aliphatic rings. The highest BCUT2D eigenvalue weighted by atomic mass is 19.1. The van der Waals surface area contributed by atoms with E-state index in [1.54, 1.807) is 18.2 Å². The first kappa shape index (κ1) is 35.2. The van der Waals surface area contributed by atoms with Crippen LogP contribution in [0.5, 0.6) is 0 Å². The number of aromatic amines is 2. The van der Waals surface area contributed by atoms with Gasteiger partial charge in [-0.15, -0.1) is 0 Å². The fourth-order valence-electron chi connectivity index (χ4n) is 8.01. The summed E-state index contributed by atoms with van der Waals surface area (Å²) in [5.74, 6) is 1.22. The molecule has 4 heterocycles. The molecule has 0 aliphatic carbocycles. The summed E-state index contributed by atoms with van der Waals surface area (Å²) in [6, 6.07) is 32.6. The van der Waals surface area contributed by atoms with Crippen LogP contribution in [0.25, 0.3) is 33.6 Å². The van der Waals surface area contributed by atoms with E-state index in [1.165, 1.54) is 6.07 Å². The van der Waals surface area contributed by atoms with E-state index in [2.05, 4.69) is 63.5 Å². The van der Waals surface area contributed by atoms with E-state index in [0.29, 0.717) is 18.7 Å². The van der Waals surface area contributed by atoms with E-state index < -0.39 is 0 Å². The van der Waals surface area contributed by atoms with Gasteiger partial charge in [0.2, 0.25) is 11.8 Å². The number of carbonyl (C=O) groups is 2. The quantitative estimate of drug-likeness (QED) is 0.149. The summed E-state index contributed by atoms with van der Waals surface area (Å²) in [7, 11) is 3.90. The van der Waals surface area contributed by atoms with Crippen molar-refractivity contribution >= 4 is 11.8 Å². The van der Waals surface area contributed by atoms with E-state index in [4.69, 9.17) is 4.98 Å². The van der Waals surface area contributed by atoms with Crippen molar-refractivity contribution in [3.8, 4) is 33.6 Å². The highest BCUT2D eigenvalue weighted by molar-refractivity contribution is 5.84. The third-order valence-electron chi connectivity index (χ3n) is 10.8. The van der Waals surface area contributed by atoms with Crippen molar-refractivity contribution in [2.24, 2.45) is 0 Å². The smallest absolute Gasteiger partial charge is 0.245 e. The molecule has 0 bridgehead atoms. The molecule has 2 aromatic heterocycles. The molecule has 54 heavy (non-hydrogen) atoms. The Labute approximate surface area is 314 Å². The van der Waals surface area contributed by atoms with Gasteiger partial charge in [0, 0.05) is 13.1 Å². The average Bonchev–Trinajstić information content (AvgIpc) is 4.03. The molecule has 9 nitrogen and oxygen atoms in total. The average molecular weight is 722 g/mol. The number of benzene rings is 4. The van der Waals surface area contributed by atoms with Crippen molar-refractivity contribution in [1.29, 1.82) is 0 Å². The predicted molar refractivity (Wildman–Crippen MR) is 207 cm³/mol. The van der Waals surface area contributed by atoms with E-state index in [0.717, 1.165) is 76.5 Å². The number of hydrogen-bond donors (Lipinski definition) is 2. The summed E-state index contributed by atoms with van der Waals surface area (Å²) in [5, 5.41) is 0. The summed E-state index contributed by atoms with van der Waals surface area (Å²) in [5.41, 5.74) is 7.41. The Morgan fingerprint density at radius 3 is 1.76 bits per heavy atom. The molecule has 2 saturated heterocycles. The zero-order valence-corrected chi connectivity index (χ0v) is 30.6. The highest BCUT2D eigenvalue weighted by Gasteiger charge is 2.37. The molecule has 8 rings (SSSR count). The lowest BCUT2D eigenvalue weighted by Crippen LogP contribution is -2.40. The van der Waals surface area contributed by atoms with Gasteiger partial charge in [0.25, 0.3) is 0 Å². The number of nitrogens with zero attached hydrogens (tertiary/aromatic N) is 5. The molecular weight excluding hydrogens is 678 g/mol. The monoisotopic (exact) mass is 721 g/mol. The minimum atomic E-state index is -0.354. The minimum Gasteiger partial charge on any atom is -0.340 e. The summed E-state index contributed by atoms with van der Waals surface area (Å²) < 4.78 is 14.2. The molecule has 3 atom stereocenters. The maximum atomic E-state index is 14.2. The van der Waals surface area contributed by atoms with Crippen LogP contribution in [0.15, 0.2) is 116 Å². The number of nitrogens with one attached hydrogen (secondary N) is 2. The minimum absolute atomic E-state index is 0.0384. The van der Waals surface area contributed by atoms with Crippen LogP contribution < -0.4 is 0 Å². The van der Waals surface area contributed by atoms with Gasteiger partial charge < -0.3 is 19.8 Å². The summed E-state index contributed by atoms with van der Waals surface area (Å²) in [4.78, 5) is 49.3. The number of hydrogen-bond acceptors (Lipinski definition) is 5. The van der Waals surface area contributed by atoms with Gasteiger partial charge in [0.15, 0.2) is 0 Å². The maximum absolute atomic E-state index is 14.2. The van der Waals surface area contributed by atoms with Crippen LogP contribution in [0, 0.1) is 5.82 Å². The molecule has 6 aromatic rings. The molecule has 2 N–H and O–H groups in total. The molecule has 0 saturated carbocycles. The second-order valence-corrected chi connectivity index (χ2v) is 14.5. The van der Waals surface area contributed by atoms with Crippen LogP contribution in [0.1, 0.15) is 66.6 Å². The number of likely N-dealkylation sites (N-methyl/N-ethyl adjacent to an activating group) is 1. The predicted octanol–water partition coefficient (Wildman–Crippen LogP) is 8.15. The van der Waals surface area contributed by atoms with Crippen molar-refractivity contribution in [3.05, 3.63) is 144 Å². The fourth-order valence-corrected chi connectivity index (χ4v) is 8.01. The van der Waals surface area contributed by atoms with Gasteiger partial charge in [-0.3, -0.25) is 14.5 Å². The zero-order chi connectivity index (χ0) is 37.2. The molecule has 10 heteroatoms. The van der Waals surface area contributed by atoms with E-state index in [-0.39, 0.29) is 42.2 Å². The largest absolute Gasteiger partial charge is 0.340 e. The molecule has 2 aliphatic heterocycles. The first-order valence-corrected chi connectivity index (χ1v) is 18.7. The van der Waals surface area contributed by atoms with Gasteiger partial charge in [-0.25, -0.2) is 14.4 Å². The standard InChI is InChI=1S/C44H44FN7O2/c1-50(2)41(33-10-4-3-5-11-33)44(54)52-25-9-15-39(52)43-47-28-37(49-43)32-22-18-30(19-23-32)29-16-20-31(21-17-29)36-27-46-42(48-36)38-14-8-24-51(38)40(53)26-34-12-6-7-13-35(34)45/h3-7,10-13,16-23,27-28,38-39,41H,8-9,14-15,24-26H2,1-2H3,(H,46,48)(H,47,49)/t38-,39-,41+/m0/s1. The summed E-state index contributed by atoms with van der Waals surface area (Å²) in [6.45, 7) is 1.35. The number of halogens is 1. The van der Waals surface area contributed by atoms with Crippen LogP contribution in [0.4, 0.5) is 4.39 Å². The van der Waals surface area contributed by atoms with Gasteiger partial charge in [-0.2, -0.15) is 0 Å². The molecule has 0 radical (unpaired) electrons. The first-order chi connectivity index (χ1) is 26.3. The molecule has 4 aromatic carbocycles. The highest BCUT2D eigenvalue weighted by Crippen LogP contribution is 2.36. The molecule has 2 fully saturated rings. The lowest BCUT2D eigenvalue weighted by Gasteiger charge is -2.31. The maximum Gasteiger partial charge on any atom is 0.245 e. The number of H-pyrrole nitrogens is 2. The lowest BCUT2D eigenvalue weighted by atomic mass is 10.0. The summed E-state index contributed by atoms with van der Waals surface area (Å²) >= 11 is 0. The third kappa shape index (κ3) is 7.09. The van der Waals surface area contributed by atoms with Gasteiger partial charge >= 0.3 is 0 Å². The van der Waals surface area contributed by atoms with Gasteiger partial charge in [-0.1, -0.05) is 97.1 Å². The van der Waals surface area contributed by atoms with Crippen LogP contribution in [0.2, 0.25) is 0 Å². The normalized spacial score (nSPS) is 17.7. The number of amides is 2. The fraction of sp³-hybridized carbons (Fsp3) is 0.273. The SMILES string of the molecule is CN(C)[C@@H](C(=O)N1CCC[C@H]1c1ncc(-c2ccc(-c3ccc(-c4cnc([C@@H]5CCCN5C(=O)Cc5ccccc5F)[nH]4)cc3)cc2)[nH]1)c1ccccc1. The topological polar surface area (TPSA) is 101 Å². The molecule has 0 unspecified atom stereocenters. The van der Waals surface area contributed by atoms with Crippen LogP contribution in [-0.2, 0) is 16.0 Å². The van der Waals surface area contributed by atoms with Crippen molar-refractivity contribution < 1.29 is 14.0 Å². The number of carbonyl (C=O) groups excluding carboxylic acids is 2. The van der Waals surface area contributed by atoms with Crippen molar-refractivity contribution in [1.82, 2.24) is 34.6 Å². The van der Waals surface area contributed by atoms with E-state index >= 15 is 0 Å². The molecule has 2 amide bonds.